The molecule has 0 radical (unpaired) electrons. The molecule has 0 amide bonds. The second kappa shape index (κ2) is 5.10. The summed E-state index contributed by atoms with van der Waals surface area (Å²) >= 11 is 0. The Balaban J connectivity index is 3.70. The van der Waals surface area contributed by atoms with Crippen LogP contribution in [0.3, 0.4) is 0 Å². The van der Waals surface area contributed by atoms with E-state index in [2.05, 4.69) is 20.8 Å². The van der Waals surface area contributed by atoms with Gasteiger partial charge in [-0.05, 0) is 25.7 Å². The summed E-state index contributed by atoms with van der Waals surface area (Å²) in [6.07, 6.45) is 0.288. The molecular formula is C10H20O3. The molecule has 0 aliphatic carbocycles. The molecule has 0 fully saturated rings. The molecule has 0 N–H and O–H groups in total. The third kappa shape index (κ3) is 6.43. The van der Waals surface area contributed by atoms with Gasteiger partial charge in [-0.3, -0.25) is 0 Å². The highest BCUT2D eigenvalue weighted by atomic mass is 16.7. The average molecular weight is 188 g/mol. The molecule has 0 saturated carbocycles. The van der Waals surface area contributed by atoms with Gasteiger partial charge < -0.3 is 9.47 Å². The van der Waals surface area contributed by atoms with Gasteiger partial charge in [0.2, 0.25) is 0 Å². The maximum absolute atomic E-state index is 11.0. The Morgan fingerprint density at radius 3 is 2.31 bits per heavy atom. The van der Waals surface area contributed by atoms with Gasteiger partial charge >= 0.3 is 6.16 Å². The molecule has 0 heterocycles. The molecular weight excluding hydrogens is 168 g/mol. The monoisotopic (exact) mass is 188 g/mol. The van der Waals surface area contributed by atoms with Gasteiger partial charge in [-0.25, -0.2) is 4.79 Å². The zero-order valence-electron chi connectivity index (χ0n) is 9.22. The standard InChI is InChI=1S/C10H20O3/c1-6-10(4,5)7-12-9(11)13-8(2)3/h8H,6-7H2,1-5H3. The van der Waals surface area contributed by atoms with Crippen LogP contribution < -0.4 is 0 Å². The van der Waals surface area contributed by atoms with E-state index >= 15 is 0 Å². The van der Waals surface area contributed by atoms with E-state index in [1.165, 1.54) is 0 Å². The molecule has 78 valence electrons. The van der Waals surface area contributed by atoms with Gasteiger partial charge in [-0.2, -0.15) is 0 Å². The summed E-state index contributed by atoms with van der Waals surface area (Å²) in [5, 5.41) is 0. The summed E-state index contributed by atoms with van der Waals surface area (Å²) in [5.41, 5.74) is 0.0377. The molecule has 0 spiro atoms. The molecule has 0 saturated heterocycles. The molecule has 0 aromatic heterocycles. The Labute approximate surface area is 80.4 Å². The van der Waals surface area contributed by atoms with E-state index in [1.807, 2.05) is 0 Å². The first-order valence-electron chi connectivity index (χ1n) is 4.71. The van der Waals surface area contributed by atoms with Crippen LogP contribution in [-0.4, -0.2) is 18.9 Å². The molecule has 3 nitrogen and oxygen atoms in total. The van der Waals surface area contributed by atoms with E-state index < -0.39 is 6.16 Å². The fourth-order valence-electron chi connectivity index (χ4n) is 0.583. The van der Waals surface area contributed by atoms with Crippen molar-refractivity contribution in [1.29, 1.82) is 0 Å². The van der Waals surface area contributed by atoms with Crippen molar-refractivity contribution in [2.45, 2.75) is 47.1 Å². The van der Waals surface area contributed by atoms with E-state index in [0.717, 1.165) is 6.42 Å². The van der Waals surface area contributed by atoms with Crippen molar-refractivity contribution in [3.05, 3.63) is 0 Å². The van der Waals surface area contributed by atoms with E-state index in [-0.39, 0.29) is 11.5 Å². The van der Waals surface area contributed by atoms with E-state index in [1.54, 1.807) is 13.8 Å². The minimum Gasteiger partial charge on any atom is -0.434 e. The SMILES string of the molecule is CCC(C)(C)COC(=O)OC(C)C. The topological polar surface area (TPSA) is 35.5 Å². The summed E-state index contributed by atoms with van der Waals surface area (Å²) in [6, 6.07) is 0. The number of hydrogen-bond donors (Lipinski definition) is 0. The first kappa shape index (κ1) is 12.3. The molecule has 0 rings (SSSR count). The lowest BCUT2D eigenvalue weighted by Crippen LogP contribution is -2.22. The van der Waals surface area contributed by atoms with E-state index in [9.17, 15) is 4.79 Å². The second-order valence-electron chi connectivity index (χ2n) is 4.22. The molecule has 0 aliphatic rings. The number of hydrogen-bond acceptors (Lipinski definition) is 3. The molecule has 0 aromatic carbocycles. The van der Waals surface area contributed by atoms with Crippen LogP contribution in [0.1, 0.15) is 41.0 Å². The molecule has 0 unspecified atom stereocenters. The van der Waals surface area contributed by atoms with Crippen molar-refractivity contribution in [3.8, 4) is 0 Å². The predicted molar refractivity (Wildman–Crippen MR) is 51.6 cm³/mol. The van der Waals surface area contributed by atoms with Crippen molar-refractivity contribution in [1.82, 2.24) is 0 Å². The van der Waals surface area contributed by atoms with Crippen LogP contribution in [0.15, 0.2) is 0 Å². The number of carbonyl (C=O) groups excluding carboxylic acids is 1. The van der Waals surface area contributed by atoms with Crippen LogP contribution in [0.5, 0.6) is 0 Å². The number of carbonyl (C=O) groups is 1. The fraction of sp³-hybridized carbons (Fsp3) is 0.900. The summed E-state index contributed by atoms with van der Waals surface area (Å²) < 4.78 is 9.78. The van der Waals surface area contributed by atoms with Crippen molar-refractivity contribution in [2.24, 2.45) is 5.41 Å². The molecule has 0 bridgehead atoms. The van der Waals surface area contributed by atoms with Gasteiger partial charge in [0, 0.05) is 0 Å². The zero-order chi connectivity index (χ0) is 10.5. The van der Waals surface area contributed by atoms with Gasteiger partial charge in [0.15, 0.2) is 0 Å². The lowest BCUT2D eigenvalue weighted by molar-refractivity contribution is 0.0126. The van der Waals surface area contributed by atoms with Gasteiger partial charge in [-0.1, -0.05) is 20.8 Å². The third-order valence-corrected chi connectivity index (χ3v) is 1.87. The minimum absolute atomic E-state index is 0.0377. The normalized spacial score (nSPS) is 11.5. The predicted octanol–water partition coefficient (Wildman–Crippen LogP) is 2.98. The second-order valence-corrected chi connectivity index (χ2v) is 4.22. The van der Waals surface area contributed by atoms with Crippen molar-refractivity contribution in [3.63, 3.8) is 0 Å². The largest absolute Gasteiger partial charge is 0.508 e. The Bertz CT molecular complexity index is 162. The van der Waals surface area contributed by atoms with Gasteiger partial charge in [-0.15, -0.1) is 0 Å². The van der Waals surface area contributed by atoms with Crippen LogP contribution in [0.2, 0.25) is 0 Å². The van der Waals surface area contributed by atoms with Crippen LogP contribution in [0.25, 0.3) is 0 Å². The summed E-state index contributed by atoms with van der Waals surface area (Å²) in [5.74, 6) is 0. The Kier molecular flexibility index (Phi) is 4.81. The van der Waals surface area contributed by atoms with Crippen LogP contribution in [-0.2, 0) is 9.47 Å². The van der Waals surface area contributed by atoms with E-state index in [4.69, 9.17) is 9.47 Å². The molecule has 0 aliphatic heterocycles. The highest BCUT2D eigenvalue weighted by Crippen LogP contribution is 2.19. The number of rotatable bonds is 4. The molecule has 13 heavy (non-hydrogen) atoms. The number of ether oxygens (including phenoxy) is 2. The van der Waals surface area contributed by atoms with Crippen LogP contribution in [0.4, 0.5) is 4.79 Å². The molecule has 0 atom stereocenters. The molecule has 0 aromatic rings. The lowest BCUT2D eigenvalue weighted by atomic mass is 9.92. The quantitative estimate of drug-likeness (QED) is 0.636. The van der Waals surface area contributed by atoms with Crippen LogP contribution >= 0.6 is 0 Å². The first-order chi connectivity index (χ1) is 5.87. The summed E-state index contributed by atoms with van der Waals surface area (Å²) in [6.45, 7) is 10.2. The average Bonchev–Trinajstić information content (AvgIpc) is 2.00. The van der Waals surface area contributed by atoms with Crippen molar-refractivity contribution in [2.75, 3.05) is 6.61 Å². The van der Waals surface area contributed by atoms with Crippen LogP contribution in [0, 0.1) is 5.41 Å². The third-order valence-electron chi connectivity index (χ3n) is 1.87. The maximum Gasteiger partial charge on any atom is 0.508 e. The van der Waals surface area contributed by atoms with Crippen molar-refractivity contribution >= 4 is 6.16 Å². The first-order valence-corrected chi connectivity index (χ1v) is 4.71. The smallest absolute Gasteiger partial charge is 0.434 e. The summed E-state index contributed by atoms with van der Waals surface area (Å²) in [7, 11) is 0. The lowest BCUT2D eigenvalue weighted by Gasteiger charge is -2.21. The Morgan fingerprint density at radius 1 is 1.38 bits per heavy atom. The summed E-state index contributed by atoms with van der Waals surface area (Å²) in [4.78, 5) is 11.0. The van der Waals surface area contributed by atoms with Gasteiger partial charge in [0.25, 0.3) is 0 Å². The van der Waals surface area contributed by atoms with Gasteiger partial charge in [0.1, 0.15) is 0 Å². The Morgan fingerprint density at radius 2 is 1.92 bits per heavy atom. The zero-order valence-corrected chi connectivity index (χ0v) is 9.22. The maximum atomic E-state index is 11.0. The highest BCUT2D eigenvalue weighted by molar-refractivity contribution is 5.60. The van der Waals surface area contributed by atoms with Crippen molar-refractivity contribution < 1.29 is 14.3 Å². The highest BCUT2D eigenvalue weighted by Gasteiger charge is 2.18. The minimum atomic E-state index is -0.573. The Hall–Kier alpha value is -0.730. The van der Waals surface area contributed by atoms with E-state index in [0.29, 0.717) is 6.61 Å². The van der Waals surface area contributed by atoms with Gasteiger partial charge in [0.05, 0.1) is 12.7 Å². The fourth-order valence-corrected chi connectivity index (χ4v) is 0.583. The molecule has 3 heteroatoms.